The Hall–Kier alpha value is -1.67. The Bertz CT molecular complexity index is 571. The van der Waals surface area contributed by atoms with Gasteiger partial charge in [-0.3, -0.25) is 4.99 Å². The van der Waals surface area contributed by atoms with Crippen molar-refractivity contribution in [3.8, 4) is 0 Å². The number of aryl methyl sites for hydroxylation is 1. The second-order valence-electron chi connectivity index (χ2n) is 3.98. The van der Waals surface area contributed by atoms with Gasteiger partial charge in [-0.1, -0.05) is 52.3 Å². The molecule has 0 heterocycles. The highest BCUT2D eigenvalue weighted by atomic mass is 79.9. The molecule has 0 unspecified atom stereocenters. The van der Waals surface area contributed by atoms with Crippen molar-refractivity contribution >= 4 is 33.9 Å². The summed E-state index contributed by atoms with van der Waals surface area (Å²) in [6.07, 6.45) is 5.80. The summed E-state index contributed by atoms with van der Waals surface area (Å²) in [6.45, 7) is 2.06. The van der Waals surface area contributed by atoms with E-state index in [1.807, 2.05) is 48.7 Å². The van der Waals surface area contributed by atoms with E-state index in [2.05, 4.69) is 46.0 Å². The molecule has 2 aromatic carbocycles. The van der Waals surface area contributed by atoms with Crippen molar-refractivity contribution < 1.29 is 0 Å². The highest BCUT2D eigenvalue weighted by Gasteiger charge is 1.94. The lowest BCUT2D eigenvalue weighted by Crippen LogP contribution is -1.74. The van der Waals surface area contributed by atoms with Gasteiger partial charge >= 0.3 is 0 Å². The fraction of sp³-hybridized carbons (Fsp3) is 0.0625. The maximum Gasteiger partial charge on any atom is 0.0633 e. The van der Waals surface area contributed by atoms with Gasteiger partial charge in [0.2, 0.25) is 0 Å². The topological polar surface area (TPSA) is 12.4 Å². The molecule has 1 nitrogen and oxygen atoms in total. The van der Waals surface area contributed by atoms with Crippen LogP contribution >= 0.6 is 15.9 Å². The lowest BCUT2D eigenvalue weighted by Gasteiger charge is -1.98. The van der Waals surface area contributed by atoms with Crippen LogP contribution in [0.4, 0.5) is 5.69 Å². The molecule has 2 rings (SSSR count). The number of aliphatic imine (C=N–C) groups is 1. The minimum Gasteiger partial charge on any atom is -0.257 e. The smallest absolute Gasteiger partial charge is 0.0633 e. The molecule has 2 aromatic rings. The SMILES string of the molecule is Cc1cc(N=C/C=C/c2ccccc2)ccc1Br. The van der Waals surface area contributed by atoms with Gasteiger partial charge in [0.05, 0.1) is 5.69 Å². The second-order valence-corrected chi connectivity index (χ2v) is 4.84. The van der Waals surface area contributed by atoms with Gasteiger partial charge < -0.3 is 0 Å². The summed E-state index contributed by atoms with van der Waals surface area (Å²) in [5.41, 5.74) is 3.33. The average molecular weight is 300 g/mol. The predicted octanol–water partition coefficient (Wildman–Crippen LogP) is 5.17. The predicted molar refractivity (Wildman–Crippen MR) is 82.5 cm³/mol. The van der Waals surface area contributed by atoms with Crippen LogP contribution in [0.5, 0.6) is 0 Å². The largest absolute Gasteiger partial charge is 0.257 e. The van der Waals surface area contributed by atoms with E-state index in [0.717, 1.165) is 10.2 Å². The van der Waals surface area contributed by atoms with Crippen LogP contribution in [-0.2, 0) is 0 Å². The van der Waals surface area contributed by atoms with E-state index >= 15 is 0 Å². The lowest BCUT2D eigenvalue weighted by atomic mass is 10.2. The van der Waals surface area contributed by atoms with Crippen molar-refractivity contribution in [2.75, 3.05) is 0 Å². The molecule has 0 N–H and O–H groups in total. The van der Waals surface area contributed by atoms with Gasteiger partial charge in [-0.05, 0) is 42.3 Å². The van der Waals surface area contributed by atoms with E-state index in [4.69, 9.17) is 0 Å². The Kier molecular flexibility index (Phi) is 4.48. The first-order chi connectivity index (χ1) is 8.75. The molecule has 18 heavy (non-hydrogen) atoms. The van der Waals surface area contributed by atoms with E-state index in [-0.39, 0.29) is 0 Å². The fourth-order valence-corrected chi connectivity index (χ4v) is 1.80. The van der Waals surface area contributed by atoms with Gasteiger partial charge in [-0.25, -0.2) is 0 Å². The number of allylic oxidation sites excluding steroid dienone is 1. The maximum absolute atomic E-state index is 4.39. The quantitative estimate of drug-likeness (QED) is 0.693. The highest BCUT2D eigenvalue weighted by Crippen LogP contribution is 2.21. The summed E-state index contributed by atoms with van der Waals surface area (Å²) in [5, 5.41) is 0. The zero-order valence-corrected chi connectivity index (χ0v) is 11.8. The molecule has 0 saturated heterocycles. The van der Waals surface area contributed by atoms with Gasteiger partial charge in [-0.15, -0.1) is 0 Å². The van der Waals surface area contributed by atoms with E-state index in [9.17, 15) is 0 Å². The zero-order chi connectivity index (χ0) is 12.8. The lowest BCUT2D eigenvalue weighted by molar-refractivity contribution is 1.40. The molecule has 0 bridgehead atoms. The first-order valence-electron chi connectivity index (χ1n) is 5.77. The Morgan fingerprint density at radius 1 is 1.06 bits per heavy atom. The van der Waals surface area contributed by atoms with Gasteiger partial charge in [0.25, 0.3) is 0 Å². The molecule has 0 aliphatic heterocycles. The van der Waals surface area contributed by atoms with Crippen LogP contribution in [0, 0.1) is 6.92 Å². The molecule has 0 radical (unpaired) electrons. The third kappa shape index (κ3) is 3.67. The summed E-state index contributed by atoms with van der Waals surface area (Å²) in [6, 6.07) is 16.2. The standard InChI is InChI=1S/C16H14BrN/c1-13-12-15(9-10-16(13)17)18-11-5-8-14-6-3-2-4-7-14/h2-12H,1H3/b8-5+,18-11?. The van der Waals surface area contributed by atoms with Gasteiger partial charge in [0.1, 0.15) is 0 Å². The number of hydrogen-bond donors (Lipinski definition) is 0. The molecule has 0 aromatic heterocycles. The minimum absolute atomic E-state index is 0.966. The second kappa shape index (κ2) is 6.31. The summed E-state index contributed by atoms with van der Waals surface area (Å²) in [5.74, 6) is 0. The van der Waals surface area contributed by atoms with Crippen LogP contribution in [0.25, 0.3) is 6.08 Å². The molecule has 0 spiro atoms. The Morgan fingerprint density at radius 2 is 1.83 bits per heavy atom. The molecular formula is C16H14BrN. The molecule has 2 heteroatoms. The summed E-state index contributed by atoms with van der Waals surface area (Å²) < 4.78 is 1.11. The average Bonchev–Trinajstić information content (AvgIpc) is 2.40. The fourth-order valence-electron chi connectivity index (χ4n) is 1.56. The number of nitrogens with zero attached hydrogens (tertiary/aromatic N) is 1. The van der Waals surface area contributed by atoms with Crippen LogP contribution in [0.15, 0.2) is 64.1 Å². The van der Waals surface area contributed by atoms with Crippen molar-refractivity contribution in [2.24, 2.45) is 4.99 Å². The van der Waals surface area contributed by atoms with Crippen LogP contribution in [0.2, 0.25) is 0 Å². The molecule has 0 fully saturated rings. The van der Waals surface area contributed by atoms with Crippen LogP contribution in [-0.4, -0.2) is 6.21 Å². The number of halogens is 1. The molecule has 0 atom stereocenters. The Morgan fingerprint density at radius 3 is 2.56 bits per heavy atom. The number of benzene rings is 2. The van der Waals surface area contributed by atoms with Crippen molar-refractivity contribution in [2.45, 2.75) is 6.92 Å². The maximum atomic E-state index is 4.39. The van der Waals surface area contributed by atoms with Crippen LogP contribution in [0.3, 0.4) is 0 Å². The van der Waals surface area contributed by atoms with E-state index < -0.39 is 0 Å². The highest BCUT2D eigenvalue weighted by molar-refractivity contribution is 9.10. The van der Waals surface area contributed by atoms with E-state index in [0.29, 0.717) is 0 Å². The van der Waals surface area contributed by atoms with Crippen molar-refractivity contribution in [1.82, 2.24) is 0 Å². The van der Waals surface area contributed by atoms with Crippen molar-refractivity contribution in [1.29, 1.82) is 0 Å². The number of hydrogen-bond acceptors (Lipinski definition) is 1. The van der Waals surface area contributed by atoms with Gasteiger partial charge in [-0.2, -0.15) is 0 Å². The summed E-state index contributed by atoms with van der Waals surface area (Å²) in [7, 11) is 0. The third-order valence-corrected chi connectivity index (χ3v) is 3.43. The monoisotopic (exact) mass is 299 g/mol. The molecule has 0 saturated carbocycles. The molecule has 90 valence electrons. The van der Waals surface area contributed by atoms with Crippen LogP contribution in [0.1, 0.15) is 11.1 Å². The van der Waals surface area contributed by atoms with Crippen molar-refractivity contribution in [3.63, 3.8) is 0 Å². The molecule has 0 aliphatic rings. The Labute approximate surface area is 116 Å². The normalized spacial score (nSPS) is 11.4. The first kappa shape index (κ1) is 12.8. The first-order valence-corrected chi connectivity index (χ1v) is 6.57. The van der Waals surface area contributed by atoms with Gasteiger partial charge in [0.15, 0.2) is 0 Å². The Balaban J connectivity index is 2.03. The van der Waals surface area contributed by atoms with Gasteiger partial charge in [0, 0.05) is 10.7 Å². The minimum atomic E-state index is 0.966. The molecular weight excluding hydrogens is 286 g/mol. The third-order valence-electron chi connectivity index (χ3n) is 2.54. The van der Waals surface area contributed by atoms with E-state index in [1.54, 1.807) is 0 Å². The summed E-state index contributed by atoms with van der Waals surface area (Å²) >= 11 is 3.48. The summed E-state index contributed by atoms with van der Waals surface area (Å²) in [4.78, 5) is 4.39. The number of rotatable bonds is 3. The molecule has 0 amide bonds. The molecule has 0 aliphatic carbocycles. The van der Waals surface area contributed by atoms with E-state index in [1.165, 1.54) is 11.1 Å². The zero-order valence-electron chi connectivity index (χ0n) is 10.2. The van der Waals surface area contributed by atoms with Crippen molar-refractivity contribution in [3.05, 3.63) is 70.2 Å². The van der Waals surface area contributed by atoms with Crippen LogP contribution < -0.4 is 0 Å².